The predicted octanol–water partition coefficient (Wildman–Crippen LogP) is 2.17. The maximum atomic E-state index is 12.5. The molecule has 2 rings (SSSR count). The third kappa shape index (κ3) is 3.39. The standard InChI is InChI=1S/C14H24N2O3/c1-10(11-7-8-11)15(2)14(19)16(9-13(17)18)12-5-3-4-6-12/h10-12H,3-9H2,1-2H3,(H,17,18). The fourth-order valence-corrected chi connectivity index (χ4v) is 2.99. The first kappa shape index (κ1) is 14.2. The molecule has 0 aromatic rings. The Labute approximate surface area is 114 Å². The van der Waals surface area contributed by atoms with Crippen molar-refractivity contribution in [3.05, 3.63) is 0 Å². The van der Waals surface area contributed by atoms with Crippen LogP contribution in [0.25, 0.3) is 0 Å². The van der Waals surface area contributed by atoms with Gasteiger partial charge >= 0.3 is 12.0 Å². The van der Waals surface area contributed by atoms with Crippen LogP contribution in [0.4, 0.5) is 4.79 Å². The van der Waals surface area contributed by atoms with E-state index in [-0.39, 0.29) is 24.7 Å². The molecule has 1 unspecified atom stereocenters. The van der Waals surface area contributed by atoms with Crippen molar-refractivity contribution < 1.29 is 14.7 Å². The highest BCUT2D eigenvalue weighted by Crippen LogP contribution is 2.35. The van der Waals surface area contributed by atoms with Gasteiger partial charge in [0.25, 0.3) is 0 Å². The fourth-order valence-electron chi connectivity index (χ4n) is 2.99. The Morgan fingerprint density at radius 1 is 1.21 bits per heavy atom. The zero-order chi connectivity index (χ0) is 14.0. The number of hydrogen-bond donors (Lipinski definition) is 1. The van der Waals surface area contributed by atoms with E-state index in [1.807, 2.05) is 0 Å². The van der Waals surface area contributed by atoms with Crippen molar-refractivity contribution >= 4 is 12.0 Å². The summed E-state index contributed by atoms with van der Waals surface area (Å²) in [5, 5.41) is 9.02. The zero-order valence-corrected chi connectivity index (χ0v) is 11.8. The highest BCUT2D eigenvalue weighted by Gasteiger charge is 2.36. The van der Waals surface area contributed by atoms with Gasteiger partial charge in [-0.2, -0.15) is 0 Å². The molecule has 2 saturated carbocycles. The van der Waals surface area contributed by atoms with E-state index < -0.39 is 5.97 Å². The number of carbonyl (C=O) groups is 2. The van der Waals surface area contributed by atoms with E-state index in [1.54, 1.807) is 16.8 Å². The molecule has 0 bridgehead atoms. The van der Waals surface area contributed by atoms with Crippen LogP contribution < -0.4 is 0 Å². The second-order valence-corrected chi connectivity index (χ2v) is 5.93. The summed E-state index contributed by atoms with van der Waals surface area (Å²) in [6, 6.07) is 0.205. The molecular formula is C14H24N2O3. The first-order chi connectivity index (χ1) is 9.00. The quantitative estimate of drug-likeness (QED) is 0.831. The number of urea groups is 1. The van der Waals surface area contributed by atoms with Gasteiger partial charge in [0.15, 0.2) is 0 Å². The van der Waals surface area contributed by atoms with Crippen LogP contribution in [0, 0.1) is 5.92 Å². The summed E-state index contributed by atoms with van der Waals surface area (Å²) < 4.78 is 0. The van der Waals surface area contributed by atoms with Crippen LogP contribution in [0.1, 0.15) is 45.4 Å². The smallest absolute Gasteiger partial charge is 0.323 e. The van der Waals surface area contributed by atoms with E-state index in [0.717, 1.165) is 25.7 Å². The van der Waals surface area contributed by atoms with Gasteiger partial charge in [0.1, 0.15) is 6.54 Å². The maximum Gasteiger partial charge on any atom is 0.323 e. The van der Waals surface area contributed by atoms with Crippen molar-refractivity contribution in [3.63, 3.8) is 0 Å². The Kier molecular flexibility index (Phi) is 4.32. The average molecular weight is 268 g/mol. The number of carboxylic acid groups (broad SMARTS) is 1. The van der Waals surface area contributed by atoms with Crippen LogP contribution in [-0.2, 0) is 4.79 Å². The highest BCUT2D eigenvalue weighted by atomic mass is 16.4. The lowest BCUT2D eigenvalue weighted by atomic mass is 10.2. The number of hydrogen-bond acceptors (Lipinski definition) is 2. The van der Waals surface area contributed by atoms with Gasteiger partial charge in [-0.15, -0.1) is 0 Å². The molecule has 19 heavy (non-hydrogen) atoms. The van der Waals surface area contributed by atoms with Crippen LogP contribution in [0.3, 0.4) is 0 Å². The molecule has 5 heteroatoms. The summed E-state index contributed by atoms with van der Waals surface area (Å²) >= 11 is 0. The molecule has 0 radical (unpaired) electrons. The summed E-state index contributed by atoms with van der Waals surface area (Å²) in [6.07, 6.45) is 6.42. The number of amides is 2. The monoisotopic (exact) mass is 268 g/mol. The van der Waals surface area contributed by atoms with E-state index in [2.05, 4.69) is 6.92 Å². The van der Waals surface area contributed by atoms with Crippen LogP contribution >= 0.6 is 0 Å². The van der Waals surface area contributed by atoms with E-state index in [9.17, 15) is 9.59 Å². The molecule has 0 aliphatic heterocycles. The number of carbonyl (C=O) groups excluding carboxylic acids is 1. The summed E-state index contributed by atoms with van der Waals surface area (Å²) in [7, 11) is 1.80. The molecule has 2 aliphatic rings. The Hall–Kier alpha value is -1.26. The minimum atomic E-state index is -0.923. The maximum absolute atomic E-state index is 12.5. The highest BCUT2D eigenvalue weighted by molar-refractivity contribution is 5.80. The van der Waals surface area contributed by atoms with Gasteiger partial charge in [0.05, 0.1) is 0 Å². The molecule has 2 amide bonds. The van der Waals surface area contributed by atoms with Gasteiger partial charge in [0, 0.05) is 19.1 Å². The molecule has 0 saturated heterocycles. The SMILES string of the molecule is CC(C1CC1)N(C)C(=O)N(CC(=O)O)C1CCCC1. The normalized spacial score (nSPS) is 21.2. The molecule has 5 nitrogen and oxygen atoms in total. The van der Waals surface area contributed by atoms with Gasteiger partial charge in [0.2, 0.25) is 0 Å². The van der Waals surface area contributed by atoms with Crippen LogP contribution in [0.2, 0.25) is 0 Å². The second kappa shape index (κ2) is 5.80. The van der Waals surface area contributed by atoms with Crippen molar-refractivity contribution in [2.75, 3.05) is 13.6 Å². The van der Waals surface area contributed by atoms with Crippen molar-refractivity contribution in [3.8, 4) is 0 Å². The molecule has 1 atom stereocenters. The summed E-state index contributed by atoms with van der Waals surface area (Å²) in [5.41, 5.74) is 0. The minimum Gasteiger partial charge on any atom is -0.480 e. The Bertz CT molecular complexity index is 349. The molecule has 1 N–H and O–H groups in total. The van der Waals surface area contributed by atoms with E-state index in [1.165, 1.54) is 12.8 Å². The number of carboxylic acids is 1. The lowest BCUT2D eigenvalue weighted by Crippen LogP contribution is -2.51. The summed E-state index contributed by atoms with van der Waals surface area (Å²) in [6.45, 7) is 1.88. The first-order valence-corrected chi connectivity index (χ1v) is 7.26. The Morgan fingerprint density at radius 2 is 1.79 bits per heavy atom. The molecule has 108 valence electrons. The Morgan fingerprint density at radius 3 is 2.26 bits per heavy atom. The second-order valence-electron chi connectivity index (χ2n) is 5.93. The minimum absolute atomic E-state index is 0.109. The number of rotatable bonds is 5. The molecule has 2 aliphatic carbocycles. The van der Waals surface area contributed by atoms with Crippen LogP contribution in [-0.4, -0.2) is 52.6 Å². The molecule has 0 aromatic carbocycles. The van der Waals surface area contributed by atoms with Gasteiger partial charge in [-0.05, 0) is 38.5 Å². The van der Waals surface area contributed by atoms with E-state index in [4.69, 9.17) is 5.11 Å². The third-order valence-electron chi connectivity index (χ3n) is 4.53. The third-order valence-corrected chi connectivity index (χ3v) is 4.53. The van der Waals surface area contributed by atoms with Crippen molar-refractivity contribution in [1.29, 1.82) is 0 Å². The van der Waals surface area contributed by atoms with E-state index >= 15 is 0 Å². The lowest BCUT2D eigenvalue weighted by molar-refractivity contribution is -0.138. The zero-order valence-electron chi connectivity index (χ0n) is 11.8. The van der Waals surface area contributed by atoms with Crippen molar-refractivity contribution in [2.24, 2.45) is 5.92 Å². The summed E-state index contributed by atoms with van der Waals surface area (Å²) in [5.74, 6) is -0.322. The van der Waals surface area contributed by atoms with Crippen molar-refractivity contribution in [1.82, 2.24) is 9.80 Å². The number of aliphatic carboxylic acids is 1. The van der Waals surface area contributed by atoms with Crippen molar-refractivity contribution in [2.45, 2.75) is 57.5 Å². The van der Waals surface area contributed by atoms with Crippen LogP contribution in [0.5, 0.6) is 0 Å². The largest absolute Gasteiger partial charge is 0.480 e. The molecule has 0 aromatic heterocycles. The molecular weight excluding hydrogens is 244 g/mol. The Balaban J connectivity index is 2.02. The van der Waals surface area contributed by atoms with Gasteiger partial charge in [-0.1, -0.05) is 12.8 Å². The molecule has 0 spiro atoms. The molecule has 0 heterocycles. The van der Waals surface area contributed by atoms with Gasteiger partial charge < -0.3 is 14.9 Å². The number of nitrogens with zero attached hydrogens (tertiary/aromatic N) is 2. The van der Waals surface area contributed by atoms with Gasteiger partial charge in [-0.25, -0.2) is 4.79 Å². The lowest BCUT2D eigenvalue weighted by Gasteiger charge is -2.34. The average Bonchev–Trinajstić information content (AvgIpc) is 3.09. The fraction of sp³-hybridized carbons (Fsp3) is 0.857. The van der Waals surface area contributed by atoms with Gasteiger partial charge in [-0.3, -0.25) is 4.79 Å². The van der Waals surface area contributed by atoms with E-state index in [0.29, 0.717) is 5.92 Å². The molecule has 2 fully saturated rings. The van der Waals surface area contributed by atoms with Crippen LogP contribution in [0.15, 0.2) is 0 Å². The summed E-state index contributed by atoms with van der Waals surface area (Å²) in [4.78, 5) is 26.8. The predicted molar refractivity (Wildman–Crippen MR) is 71.9 cm³/mol. The topological polar surface area (TPSA) is 60.9 Å². The first-order valence-electron chi connectivity index (χ1n) is 7.26.